The lowest BCUT2D eigenvalue weighted by atomic mass is 10.1. The molecule has 92 valence electrons. The van der Waals surface area contributed by atoms with E-state index in [9.17, 15) is 14.7 Å². The summed E-state index contributed by atoms with van der Waals surface area (Å²) in [7, 11) is 1.07. The fourth-order valence-corrected chi connectivity index (χ4v) is 1.23. The second-order valence-corrected chi connectivity index (χ2v) is 3.33. The number of phenolic OH excluding ortho intramolecular Hbond substituents is 1. The molecular weight excluding hydrogens is 222 g/mol. The average Bonchev–Trinajstić information content (AvgIpc) is 2.35. The third-order valence-electron chi connectivity index (χ3n) is 1.90. The Bertz CT molecular complexity index is 494. The highest BCUT2D eigenvalue weighted by molar-refractivity contribution is 5.83. The van der Waals surface area contributed by atoms with Crippen LogP contribution in [0.25, 0.3) is 0 Å². The maximum absolute atomic E-state index is 11.7. The zero-order chi connectivity index (χ0) is 14.6. The van der Waals surface area contributed by atoms with E-state index >= 15 is 0 Å². The Morgan fingerprint density at radius 1 is 1.65 bits per heavy atom. The molecule has 0 aliphatic heterocycles. The molecule has 1 amide bonds. The third kappa shape index (κ3) is 4.14. The number of carbonyl (C=O) groups is 2. The zero-order valence-corrected chi connectivity index (χ0v) is 9.56. The third-order valence-corrected chi connectivity index (χ3v) is 1.90. The highest BCUT2D eigenvalue weighted by Crippen LogP contribution is 2.13. The molecule has 0 fully saturated rings. The first-order valence-electron chi connectivity index (χ1n) is 5.97. The molecule has 0 saturated heterocycles. The van der Waals surface area contributed by atoms with Crippen molar-refractivity contribution in [1.82, 2.24) is 5.32 Å². The van der Waals surface area contributed by atoms with Crippen LogP contribution in [0, 0.1) is 0 Å². The molecule has 1 aromatic carbocycles. The van der Waals surface area contributed by atoms with Crippen molar-refractivity contribution in [1.29, 1.82) is 0 Å². The summed E-state index contributed by atoms with van der Waals surface area (Å²) in [6, 6.07) is 3.35. The number of carbonyl (C=O) groups excluding carboxylic acids is 2. The van der Waals surface area contributed by atoms with Crippen LogP contribution in [0.5, 0.6) is 5.75 Å². The van der Waals surface area contributed by atoms with Crippen LogP contribution in [-0.2, 0) is 20.7 Å². The largest absolute Gasteiger partial charge is 0.508 e. The molecular formula is C12H15NO4. The van der Waals surface area contributed by atoms with Crippen LogP contribution in [0.4, 0.5) is 0 Å². The van der Waals surface area contributed by atoms with Gasteiger partial charge in [0.05, 0.1) is 8.48 Å². The molecule has 17 heavy (non-hydrogen) atoms. The number of amides is 1. The molecule has 0 heterocycles. The van der Waals surface area contributed by atoms with Gasteiger partial charge in [-0.1, -0.05) is 12.1 Å². The van der Waals surface area contributed by atoms with E-state index in [-0.39, 0.29) is 11.3 Å². The highest BCUT2D eigenvalue weighted by atomic mass is 16.5. The standard InChI is InChI=1S/C12H15NO4/c1-8(14)13-11(12(16)17-2)7-9-4-3-5-10(15)6-9/h3-6,11,15H,7H2,1-2H3,(H,13,14)/i7D,11D. The van der Waals surface area contributed by atoms with Crippen molar-refractivity contribution < 1.29 is 22.2 Å². The molecule has 0 aliphatic rings. The number of methoxy groups -OCH3 is 1. The van der Waals surface area contributed by atoms with Crippen molar-refractivity contribution in [2.24, 2.45) is 0 Å². The first kappa shape index (κ1) is 10.1. The van der Waals surface area contributed by atoms with E-state index in [4.69, 9.17) is 2.74 Å². The fourth-order valence-electron chi connectivity index (χ4n) is 1.23. The van der Waals surface area contributed by atoms with E-state index in [0.29, 0.717) is 0 Å². The number of phenols is 1. The number of aromatic hydroxyl groups is 1. The number of benzene rings is 1. The Morgan fingerprint density at radius 3 is 2.88 bits per heavy atom. The van der Waals surface area contributed by atoms with Gasteiger partial charge in [-0.3, -0.25) is 4.79 Å². The summed E-state index contributed by atoms with van der Waals surface area (Å²) < 4.78 is 20.4. The summed E-state index contributed by atoms with van der Waals surface area (Å²) in [5.74, 6) is -1.77. The first-order chi connectivity index (χ1) is 8.81. The van der Waals surface area contributed by atoms with E-state index in [0.717, 1.165) is 14.0 Å². The molecule has 0 radical (unpaired) electrons. The van der Waals surface area contributed by atoms with Gasteiger partial charge in [0.25, 0.3) is 0 Å². The summed E-state index contributed by atoms with van der Waals surface area (Å²) in [5.41, 5.74) is 0.217. The Balaban J connectivity index is 3.17. The molecule has 5 heteroatoms. The number of esters is 1. The normalized spacial score (nSPS) is 17.1. The SMILES string of the molecule is [2H]C(c1cccc(O)c1)C([2H])(NC(C)=O)C(=O)OC. The van der Waals surface area contributed by atoms with Gasteiger partial charge in [0, 0.05) is 14.7 Å². The van der Waals surface area contributed by atoms with Gasteiger partial charge in [-0.2, -0.15) is 0 Å². The van der Waals surface area contributed by atoms with Crippen LogP contribution in [0.1, 0.15) is 15.2 Å². The van der Waals surface area contributed by atoms with E-state index in [1.165, 1.54) is 24.3 Å². The highest BCUT2D eigenvalue weighted by Gasteiger charge is 2.20. The van der Waals surface area contributed by atoms with Crippen molar-refractivity contribution in [3.05, 3.63) is 29.8 Å². The monoisotopic (exact) mass is 239 g/mol. The Kier molecular flexibility index (Phi) is 3.51. The van der Waals surface area contributed by atoms with Crippen LogP contribution in [0.15, 0.2) is 24.3 Å². The minimum Gasteiger partial charge on any atom is -0.508 e. The number of hydrogen-bond donors (Lipinski definition) is 2. The number of hydrogen-bond acceptors (Lipinski definition) is 4. The predicted molar refractivity (Wildman–Crippen MR) is 61.4 cm³/mol. The number of nitrogens with one attached hydrogen (secondary N) is 1. The number of rotatable bonds is 4. The topological polar surface area (TPSA) is 75.6 Å². The fraction of sp³-hybridized carbons (Fsp3) is 0.333. The lowest BCUT2D eigenvalue weighted by Crippen LogP contribution is -2.41. The van der Waals surface area contributed by atoms with Crippen LogP contribution in [0.3, 0.4) is 0 Å². The van der Waals surface area contributed by atoms with Crippen LogP contribution >= 0.6 is 0 Å². The summed E-state index contributed by atoms with van der Waals surface area (Å²) in [6.07, 6.45) is -1.43. The van der Waals surface area contributed by atoms with E-state index in [1.54, 1.807) is 0 Å². The molecule has 1 aromatic rings. The minimum absolute atomic E-state index is 0.0928. The van der Waals surface area contributed by atoms with Crippen molar-refractivity contribution in [2.75, 3.05) is 7.11 Å². The second kappa shape index (κ2) is 5.89. The van der Waals surface area contributed by atoms with Gasteiger partial charge in [0.15, 0.2) is 0 Å². The van der Waals surface area contributed by atoms with Crippen molar-refractivity contribution in [2.45, 2.75) is 19.3 Å². The van der Waals surface area contributed by atoms with Crippen molar-refractivity contribution in [3.8, 4) is 5.75 Å². The molecule has 2 N–H and O–H groups in total. The maximum Gasteiger partial charge on any atom is 0.328 e. The molecule has 0 bridgehead atoms. The predicted octanol–water partition coefficient (Wildman–Crippen LogP) is 0.612. The Hall–Kier alpha value is -2.04. The molecule has 0 spiro atoms. The van der Waals surface area contributed by atoms with Crippen LogP contribution in [-0.4, -0.2) is 30.1 Å². The van der Waals surface area contributed by atoms with Gasteiger partial charge in [-0.05, 0) is 17.7 Å². The van der Waals surface area contributed by atoms with Gasteiger partial charge in [0.1, 0.15) is 11.8 Å². The summed E-state index contributed by atoms with van der Waals surface area (Å²) in [4.78, 5) is 22.8. The summed E-state index contributed by atoms with van der Waals surface area (Å²) >= 11 is 0. The zero-order valence-electron chi connectivity index (χ0n) is 11.6. The lowest BCUT2D eigenvalue weighted by molar-refractivity contribution is -0.144. The molecule has 1 rings (SSSR count). The molecule has 2 atom stereocenters. The Labute approximate surface area is 102 Å². The smallest absolute Gasteiger partial charge is 0.328 e. The Morgan fingerprint density at radius 2 is 2.35 bits per heavy atom. The minimum atomic E-state index is -2.27. The molecule has 0 aromatic heterocycles. The van der Waals surface area contributed by atoms with E-state index < -0.39 is 24.3 Å². The van der Waals surface area contributed by atoms with Crippen LogP contribution in [0.2, 0.25) is 0 Å². The average molecular weight is 239 g/mol. The summed E-state index contributed by atoms with van der Waals surface area (Å²) in [5, 5.41) is 11.5. The maximum atomic E-state index is 11.7. The van der Waals surface area contributed by atoms with Gasteiger partial charge in [0.2, 0.25) is 5.91 Å². The molecule has 2 unspecified atom stereocenters. The number of ether oxygens (including phenoxy) is 1. The molecule has 5 nitrogen and oxygen atoms in total. The first-order valence-corrected chi connectivity index (χ1v) is 4.89. The van der Waals surface area contributed by atoms with Crippen LogP contribution < -0.4 is 5.32 Å². The van der Waals surface area contributed by atoms with E-state index in [1.807, 2.05) is 0 Å². The van der Waals surface area contributed by atoms with E-state index in [2.05, 4.69) is 10.1 Å². The second-order valence-electron chi connectivity index (χ2n) is 3.33. The van der Waals surface area contributed by atoms with Crippen molar-refractivity contribution >= 4 is 11.9 Å². The molecule has 0 saturated carbocycles. The van der Waals surface area contributed by atoms with Gasteiger partial charge in [-0.25, -0.2) is 4.79 Å². The quantitative estimate of drug-likeness (QED) is 0.755. The van der Waals surface area contributed by atoms with Gasteiger partial charge >= 0.3 is 5.97 Å². The summed E-state index contributed by atoms with van der Waals surface area (Å²) in [6.45, 7) is 1.14. The van der Waals surface area contributed by atoms with Crippen molar-refractivity contribution in [3.63, 3.8) is 0 Å². The van der Waals surface area contributed by atoms with Gasteiger partial charge in [-0.15, -0.1) is 0 Å². The van der Waals surface area contributed by atoms with Gasteiger partial charge < -0.3 is 15.2 Å². The lowest BCUT2D eigenvalue weighted by Gasteiger charge is -2.15. The molecule has 0 aliphatic carbocycles.